The van der Waals surface area contributed by atoms with Crippen LogP contribution in [0.5, 0.6) is 0 Å². The Hall–Kier alpha value is 0.570. The Bertz CT molecular complexity index is 93.5. The summed E-state index contributed by atoms with van der Waals surface area (Å²) in [6.07, 6.45) is 0. The van der Waals surface area contributed by atoms with Crippen molar-refractivity contribution >= 4 is 31.0 Å². The molecule has 0 heterocycles. The van der Waals surface area contributed by atoms with Crippen molar-refractivity contribution in [1.29, 1.82) is 0 Å². The molecule has 1 atom stereocenters. The minimum absolute atomic E-state index is 0. The quantitative estimate of drug-likeness (QED) is 0.652. The van der Waals surface area contributed by atoms with Gasteiger partial charge >= 0.3 is 0 Å². The fourth-order valence-electron chi connectivity index (χ4n) is 0.149. The van der Waals surface area contributed by atoms with Crippen LogP contribution in [0.25, 0.3) is 0 Å². The second-order valence-electron chi connectivity index (χ2n) is 1.07. The lowest BCUT2D eigenvalue weighted by Gasteiger charge is -1.87. The van der Waals surface area contributed by atoms with Gasteiger partial charge in [-0.3, -0.25) is 4.57 Å². The van der Waals surface area contributed by atoms with E-state index in [2.05, 4.69) is 6.58 Å². The van der Waals surface area contributed by atoms with Crippen LogP contribution in [0, 0.1) is 0 Å². The molecular weight excluding hydrogens is 167 g/mol. The van der Waals surface area contributed by atoms with Crippen LogP contribution in [0.4, 0.5) is 0 Å². The van der Waals surface area contributed by atoms with E-state index in [1.165, 1.54) is 0 Å². The molecule has 0 amide bonds. The Morgan fingerprint density at radius 3 is 2.25 bits per heavy atom. The van der Waals surface area contributed by atoms with Gasteiger partial charge in [0.2, 0.25) is 7.23 Å². The van der Waals surface area contributed by atoms with Gasteiger partial charge in [-0.1, -0.05) is 6.58 Å². The summed E-state index contributed by atoms with van der Waals surface area (Å²) < 4.78 is 9.90. The van der Waals surface area contributed by atoms with Gasteiger partial charge in [-0.05, 0) is 23.2 Å². The molecule has 1 N–H and O–H groups in total. The summed E-state index contributed by atoms with van der Waals surface area (Å²) in [4.78, 5) is 8.86. The van der Waals surface area contributed by atoms with E-state index in [1.54, 1.807) is 6.92 Å². The molecule has 0 bridgehead atoms. The number of hydrogen-bond donors (Lipinski definition) is 1. The van der Waals surface area contributed by atoms with E-state index in [0.717, 1.165) is 11.4 Å². The van der Waals surface area contributed by atoms with Crippen molar-refractivity contribution in [2.75, 3.05) is 0 Å². The molecule has 0 fully saturated rings. The van der Waals surface area contributed by atoms with Crippen LogP contribution in [-0.2, 0) is 4.57 Å². The first kappa shape index (κ1) is 11.4. The van der Waals surface area contributed by atoms with Crippen molar-refractivity contribution in [3.8, 4) is 0 Å². The van der Waals surface area contributed by atoms with Gasteiger partial charge in [-0.25, -0.2) is 0 Å². The van der Waals surface area contributed by atoms with E-state index in [9.17, 15) is 4.57 Å². The highest BCUT2D eigenvalue weighted by molar-refractivity contribution is 8.52. The normalized spacial score (nSPS) is 11.8. The van der Waals surface area contributed by atoms with E-state index in [4.69, 9.17) is 4.89 Å². The van der Waals surface area contributed by atoms with Crippen molar-refractivity contribution in [3.05, 3.63) is 11.5 Å². The molecule has 50 valence electrons. The van der Waals surface area contributed by atoms with Crippen molar-refractivity contribution < 1.29 is 9.46 Å². The number of hydrogen-bond acceptors (Lipinski definition) is 2. The van der Waals surface area contributed by atoms with E-state index in [-0.39, 0.29) is 12.4 Å². The Morgan fingerprint density at radius 1 is 1.88 bits per heavy atom. The summed E-state index contributed by atoms with van der Waals surface area (Å²) in [6.45, 7) is 5.12. The molecular formula is C3H8ClO2PS. The maximum absolute atomic E-state index is 9.90. The molecule has 0 aliphatic carbocycles. The average molecular weight is 175 g/mol. The first-order valence-corrected chi connectivity index (χ1v) is 4.59. The summed E-state index contributed by atoms with van der Waals surface area (Å²) in [5.74, 6) is 0. The van der Waals surface area contributed by atoms with Gasteiger partial charge in [0.15, 0.2) is 0 Å². The zero-order valence-electron chi connectivity index (χ0n) is 4.38. The third-order valence-electron chi connectivity index (χ3n) is 0.262. The molecule has 0 aromatic carbocycles. The molecule has 0 spiro atoms. The van der Waals surface area contributed by atoms with Crippen molar-refractivity contribution in [2.45, 2.75) is 6.92 Å². The summed E-state index contributed by atoms with van der Waals surface area (Å²) >= 11 is 0.917. The summed E-state index contributed by atoms with van der Waals surface area (Å²) in [5, 5.41) is 0. The second-order valence-corrected chi connectivity index (χ2v) is 4.16. The standard InChI is InChI=1S/C3H7O2PS.ClH/c1-3(2)7-6(4)5;/h6H,1H2,2H3,(H,4,5);1H. The summed E-state index contributed by atoms with van der Waals surface area (Å²) in [6, 6.07) is 0. The Morgan fingerprint density at radius 2 is 2.25 bits per heavy atom. The van der Waals surface area contributed by atoms with Crippen LogP contribution in [0.2, 0.25) is 0 Å². The molecule has 1 unspecified atom stereocenters. The molecule has 0 saturated heterocycles. The second kappa shape index (κ2) is 5.70. The highest BCUT2D eigenvalue weighted by atomic mass is 35.5. The lowest BCUT2D eigenvalue weighted by molar-refractivity contribution is 0.519. The molecule has 0 aromatic heterocycles. The van der Waals surface area contributed by atoms with Crippen LogP contribution in [0.1, 0.15) is 6.92 Å². The lowest BCUT2D eigenvalue weighted by Crippen LogP contribution is -1.51. The van der Waals surface area contributed by atoms with Gasteiger partial charge in [0, 0.05) is 0 Å². The van der Waals surface area contributed by atoms with Crippen LogP contribution in [-0.4, -0.2) is 4.89 Å². The molecule has 0 aromatic rings. The number of halogens is 1. The predicted octanol–water partition coefficient (Wildman–Crippen LogP) is 2.06. The molecule has 5 heteroatoms. The highest BCUT2D eigenvalue weighted by Gasteiger charge is 1.89. The summed E-state index contributed by atoms with van der Waals surface area (Å²) in [7, 11) is -2.37. The fraction of sp³-hybridized carbons (Fsp3) is 0.333. The molecule has 0 radical (unpaired) electrons. The number of rotatable bonds is 2. The highest BCUT2D eigenvalue weighted by Crippen LogP contribution is 2.37. The van der Waals surface area contributed by atoms with Crippen molar-refractivity contribution in [1.82, 2.24) is 0 Å². The van der Waals surface area contributed by atoms with Gasteiger partial charge in [-0.2, -0.15) is 0 Å². The number of allylic oxidation sites excluding steroid dienone is 1. The zero-order valence-corrected chi connectivity index (χ0v) is 7.01. The Kier molecular flexibility index (Phi) is 8.11. The van der Waals surface area contributed by atoms with Gasteiger partial charge < -0.3 is 4.89 Å². The maximum atomic E-state index is 9.90. The molecule has 0 rings (SSSR count). The van der Waals surface area contributed by atoms with Crippen molar-refractivity contribution in [3.63, 3.8) is 0 Å². The van der Waals surface area contributed by atoms with Gasteiger partial charge in [0.25, 0.3) is 0 Å². The molecule has 8 heavy (non-hydrogen) atoms. The zero-order chi connectivity index (χ0) is 5.86. The van der Waals surface area contributed by atoms with Crippen LogP contribution < -0.4 is 0 Å². The SMILES string of the molecule is C=C(C)S[PH](=O)O.Cl. The summed E-state index contributed by atoms with van der Waals surface area (Å²) in [5.41, 5.74) is 0. The van der Waals surface area contributed by atoms with Gasteiger partial charge in [0.05, 0.1) is 0 Å². The van der Waals surface area contributed by atoms with Gasteiger partial charge in [0.1, 0.15) is 0 Å². The third kappa shape index (κ3) is 9.76. The Labute approximate surface area is 59.4 Å². The topological polar surface area (TPSA) is 37.3 Å². The molecule has 0 aliphatic heterocycles. The monoisotopic (exact) mass is 174 g/mol. The lowest BCUT2D eigenvalue weighted by atomic mass is 10.8. The maximum Gasteiger partial charge on any atom is 0.248 e. The fourth-order valence-corrected chi connectivity index (χ4v) is 1.34. The average Bonchev–Trinajstić information content (AvgIpc) is 1.27. The molecule has 0 aliphatic rings. The predicted molar refractivity (Wildman–Crippen MR) is 40.9 cm³/mol. The van der Waals surface area contributed by atoms with E-state index < -0.39 is 7.23 Å². The van der Waals surface area contributed by atoms with Crippen LogP contribution in [0.3, 0.4) is 0 Å². The van der Waals surface area contributed by atoms with Crippen LogP contribution in [0.15, 0.2) is 11.5 Å². The van der Waals surface area contributed by atoms with E-state index in [1.807, 2.05) is 0 Å². The molecule has 0 saturated carbocycles. The first-order valence-electron chi connectivity index (χ1n) is 1.69. The third-order valence-corrected chi connectivity index (χ3v) is 2.35. The molecule has 2 nitrogen and oxygen atoms in total. The minimum Gasteiger partial charge on any atom is -0.339 e. The first-order chi connectivity index (χ1) is 3.13. The van der Waals surface area contributed by atoms with Crippen molar-refractivity contribution in [2.24, 2.45) is 0 Å². The largest absolute Gasteiger partial charge is 0.339 e. The Balaban J connectivity index is 0. The minimum atomic E-state index is -2.37. The van der Waals surface area contributed by atoms with Gasteiger partial charge in [-0.15, -0.1) is 12.4 Å². The van der Waals surface area contributed by atoms with Crippen LogP contribution >= 0.6 is 31.0 Å². The van der Waals surface area contributed by atoms with E-state index in [0.29, 0.717) is 4.91 Å². The smallest absolute Gasteiger partial charge is 0.248 e. The van der Waals surface area contributed by atoms with E-state index >= 15 is 0 Å².